The lowest BCUT2D eigenvalue weighted by molar-refractivity contribution is -0.138. The first-order valence-corrected chi connectivity index (χ1v) is 26.6. The fourth-order valence-corrected chi connectivity index (χ4v) is 10.7. The topological polar surface area (TPSA) is 195 Å². The van der Waals surface area contributed by atoms with E-state index in [0.717, 1.165) is 12.4 Å². The SMILES string of the molecule is C[C@@H]1CN(c2cc(F)c(C3=CCCN(c4ncccn4)C3)cc2NC(=O)c2c[nH]c(=O)cc2C(F)F)C[C@H](C)N1C.C[C@@H]1CN(c2cc(F)c(C3=CCCN(c4ncco4)C3)cc2NC(=O)c2c[nH]c(=O)cc2C(F)(F)F)C[C@H](C)N1C. The van der Waals surface area contributed by atoms with Crippen LogP contribution >= 0.6 is 0 Å². The molecule has 8 heterocycles. The number of oxazole rings is 1. The molecule has 2 amide bonds. The van der Waals surface area contributed by atoms with Crippen LogP contribution in [0.2, 0.25) is 0 Å². The number of benzene rings is 2. The number of aromatic nitrogens is 5. The van der Waals surface area contributed by atoms with Crippen molar-refractivity contribution >= 4 is 57.7 Å². The number of pyridine rings is 2. The van der Waals surface area contributed by atoms with Gasteiger partial charge in [0.1, 0.15) is 17.9 Å². The molecule has 25 heteroatoms. The molecule has 82 heavy (non-hydrogen) atoms. The van der Waals surface area contributed by atoms with E-state index in [1.807, 2.05) is 59.7 Å². The van der Waals surface area contributed by atoms with Crippen LogP contribution in [0.3, 0.4) is 0 Å². The zero-order chi connectivity index (χ0) is 58.7. The van der Waals surface area contributed by atoms with E-state index in [9.17, 15) is 41.1 Å². The number of nitrogens with zero attached hydrogens (tertiary/aromatic N) is 9. The molecule has 2 saturated heterocycles. The first-order valence-electron chi connectivity index (χ1n) is 26.6. The van der Waals surface area contributed by atoms with E-state index < -0.39 is 63.9 Å². The standard InChI is InChI=1S/C29H32F3N7O2.C28H30F4N6O3/c1-17-14-39(15-18(2)37(17)3)25-12-23(30)20(19-6-4-9-38(16-19)29-33-7-5-8-34-29)10-24(25)36-28(41)22-13-35-26(40)11-21(22)27(31)32;1-16-13-38(14-17(2)36(16)3)24-11-22(29)19(18-5-4-7-37(15-18)27-33-6-8-41-27)9-23(24)35-26(40)20-12-34-25(39)10-21(20)28(30,31)32/h5-8,10-13,17-18,27H,4,9,14-16H2,1-3H3,(H,35,40)(H,36,41);5-6,8-12,16-17H,4,7,13-15H2,1-3H3,(H,34,39)(H,35,40)/t17-,18+;16-,17+. The summed E-state index contributed by atoms with van der Waals surface area (Å²) >= 11 is 0. The second-order valence-corrected chi connectivity index (χ2v) is 21.0. The molecule has 2 aromatic carbocycles. The van der Waals surface area contributed by atoms with Gasteiger partial charge in [-0.25, -0.2) is 32.5 Å². The molecule has 4 N–H and O–H groups in total. The van der Waals surface area contributed by atoms with Gasteiger partial charge >= 0.3 is 6.18 Å². The number of likely N-dealkylation sites (N-methyl/N-ethyl adjacent to an activating group) is 2. The van der Waals surface area contributed by atoms with E-state index in [-0.39, 0.29) is 58.8 Å². The largest absolute Gasteiger partial charge is 0.432 e. The summed E-state index contributed by atoms with van der Waals surface area (Å²) in [5.41, 5.74) is -1.82. The molecule has 4 aliphatic rings. The first kappa shape index (κ1) is 58.3. The van der Waals surface area contributed by atoms with Crippen molar-refractivity contribution < 1.29 is 44.7 Å². The van der Waals surface area contributed by atoms with Crippen molar-refractivity contribution in [3.63, 3.8) is 0 Å². The molecule has 6 aromatic rings. The zero-order valence-electron chi connectivity index (χ0n) is 45.8. The van der Waals surface area contributed by atoms with Gasteiger partial charge in [0.05, 0.1) is 45.6 Å². The second kappa shape index (κ2) is 24.4. The van der Waals surface area contributed by atoms with Crippen molar-refractivity contribution in [1.29, 1.82) is 0 Å². The van der Waals surface area contributed by atoms with Gasteiger partial charge in [0, 0.05) is 130 Å². The molecule has 0 saturated carbocycles. The minimum absolute atomic E-state index is 0.0940. The lowest BCUT2D eigenvalue weighted by Gasteiger charge is -2.44. The van der Waals surface area contributed by atoms with E-state index in [4.69, 9.17) is 4.42 Å². The molecule has 0 bridgehead atoms. The number of piperazine rings is 2. The molecular weight excluding hydrogens is 1080 g/mol. The number of anilines is 6. The third-order valence-electron chi connectivity index (χ3n) is 15.5. The molecule has 4 aromatic heterocycles. The lowest BCUT2D eigenvalue weighted by Crippen LogP contribution is -2.55. The maximum Gasteiger partial charge on any atom is 0.417 e. The quantitative estimate of drug-likeness (QED) is 0.0898. The number of halogens is 7. The monoisotopic (exact) mass is 1140 g/mol. The van der Waals surface area contributed by atoms with Crippen molar-refractivity contribution in [3.8, 4) is 0 Å². The minimum Gasteiger partial charge on any atom is -0.432 e. The van der Waals surface area contributed by atoms with E-state index in [1.165, 1.54) is 30.7 Å². The lowest BCUT2D eigenvalue weighted by atomic mass is 9.98. The average Bonchev–Trinajstić information content (AvgIpc) is 3.88. The molecule has 0 unspecified atom stereocenters. The summed E-state index contributed by atoms with van der Waals surface area (Å²) in [5, 5.41) is 5.34. The summed E-state index contributed by atoms with van der Waals surface area (Å²) in [6, 6.07) is 9.39. The van der Waals surface area contributed by atoms with Crippen LogP contribution in [0.1, 0.15) is 89.9 Å². The fourth-order valence-electron chi connectivity index (χ4n) is 10.7. The summed E-state index contributed by atoms with van der Waals surface area (Å²) in [6.07, 6.45) is 5.05. The van der Waals surface area contributed by atoms with E-state index in [1.54, 1.807) is 24.5 Å². The molecule has 0 spiro atoms. The van der Waals surface area contributed by atoms with Gasteiger partial charge in [0.15, 0.2) is 0 Å². The Morgan fingerprint density at radius 1 is 0.646 bits per heavy atom. The number of aromatic amines is 2. The number of carbonyl (C=O) groups excluding carboxylic acids is 2. The van der Waals surface area contributed by atoms with Gasteiger partial charge in [0.25, 0.3) is 24.3 Å². The van der Waals surface area contributed by atoms with Crippen molar-refractivity contribution in [1.82, 2.24) is 34.7 Å². The van der Waals surface area contributed by atoms with Crippen LogP contribution in [0.25, 0.3) is 11.1 Å². The molecular formula is C57H62F7N13O5. The Labute approximate surface area is 467 Å². The Morgan fingerprint density at radius 2 is 1.12 bits per heavy atom. The summed E-state index contributed by atoms with van der Waals surface area (Å²) < 4.78 is 106. The predicted octanol–water partition coefficient (Wildman–Crippen LogP) is 8.91. The zero-order valence-corrected chi connectivity index (χ0v) is 45.8. The average molecular weight is 1140 g/mol. The minimum atomic E-state index is -4.93. The van der Waals surface area contributed by atoms with Crippen LogP contribution < -0.4 is 41.4 Å². The number of carbonyl (C=O) groups is 2. The highest BCUT2D eigenvalue weighted by Gasteiger charge is 2.37. The second-order valence-electron chi connectivity index (χ2n) is 21.0. The van der Waals surface area contributed by atoms with Crippen LogP contribution in [-0.4, -0.2) is 137 Å². The normalized spacial score (nSPS) is 20.0. The van der Waals surface area contributed by atoms with Gasteiger partial charge in [-0.15, -0.1) is 0 Å². The van der Waals surface area contributed by atoms with Crippen LogP contribution in [0.4, 0.5) is 65.4 Å². The van der Waals surface area contributed by atoms with E-state index in [0.29, 0.717) is 105 Å². The summed E-state index contributed by atoms with van der Waals surface area (Å²) in [4.78, 5) is 79.3. The van der Waals surface area contributed by atoms with Gasteiger partial charge < -0.3 is 44.6 Å². The highest BCUT2D eigenvalue weighted by molar-refractivity contribution is 6.08. The van der Waals surface area contributed by atoms with Crippen molar-refractivity contribution in [2.75, 3.05) is 96.7 Å². The Bertz CT molecular complexity index is 3460. The molecule has 18 nitrogen and oxygen atoms in total. The third kappa shape index (κ3) is 12.9. The van der Waals surface area contributed by atoms with Gasteiger partial charge in [-0.05, 0) is 96.1 Å². The number of nitrogens with one attached hydrogen (secondary N) is 4. The smallest absolute Gasteiger partial charge is 0.417 e. The Hall–Kier alpha value is -8.32. The molecule has 4 atom stereocenters. The highest BCUT2D eigenvalue weighted by Crippen LogP contribution is 2.39. The summed E-state index contributed by atoms with van der Waals surface area (Å²) in [5.74, 6) is -2.37. The van der Waals surface area contributed by atoms with E-state index >= 15 is 8.78 Å². The number of hydrogen-bond donors (Lipinski definition) is 4. The van der Waals surface area contributed by atoms with Crippen LogP contribution in [0.15, 0.2) is 106 Å². The molecule has 4 aliphatic heterocycles. The Kier molecular flexibility index (Phi) is 17.4. The van der Waals surface area contributed by atoms with Crippen molar-refractivity contribution in [3.05, 3.63) is 158 Å². The Morgan fingerprint density at radius 3 is 1.61 bits per heavy atom. The molecule has 2 fully saturated rings. The maximum absolute atomic E-state index is 15.9. The van der Waals surface area contributed by atoms with Crippen LogP contribution in [0, 0.1) is 11.6 Å². The van der Waals surface area contributed by atoms with E-state index in [2.05, 4.69) is 59.2 Å². The number of hydrogen-bond acceptors (Lipinski definition) is 14. The van der Waals surface area contributed by atoms with Crippen LogP contribution in [-0.2, 0) is 6.18 Å². The van der Waals surface area contributed by atoms with Crippen LogP contribution in [0.5, 0.6) is 0 Å². The summed E-state index contributed by atoms with van der Waals surface area (Å²) in [6.45, 7) is 12.2. The Balaban J connectivity index is 0.000000198. The fraction of sp³-hybridized carbons (Fsp3) is 0.386. The number of alkyl halides is 5. The maximum atomic E-state index is 15.9. The first-order chi connectivity index (χ1) is 39.0. The van der Waals surface area contributed by atoms with Gasteiger partial charge in [-0.1, -0.05) is 12.2 Å². The van der Waals surface area contributed by atoms with Gasteiger partial charge in [-0.3, -0.25) is 29.0 Å². The number of H-pyrrole nitrogens is 2. The molecule has 10 rings (SSSR count). The number of amides is 2. The summed E-state index contributed by atoms with van der Waals surface area (Å²) in [7, 11) is 4.02. The van der Waals surface area contributed by atoms with Gasteiger partial charge in [0.2, 0.25) is 17.1 Å². The highest BCUT2D eigenvalue weighted by atomic mass is 19.4. The number of rotatable bonds is 11. The van der Waals surface area contributed by atoms with Gasteiger partial charge in [-0.2, -0.15) is 13.2 Å². The molecule has 0 radical (unpaired) electrons. The van der Waals surface area contributed by atoms with Crippen molar-refractivity contribution in [2.24, 2.45) is 0 Å². The molecule has 0 aliphatic carbocycles. The van der Waals surface area contributed by atoms with Crippen molar-refractivity contribution in [2.45, 2.75) is 77.3 Å². The third-order valence-corrected chi connectivity index (χ3v) is 15.5. The molecule has 434 valence electrons. The predicted molar refractivity (Wildman–Crippen MR) is 299 cm³/mol.